The first kappa shape index (κ1) is 17.6. The van der Waals surface area contributed by atoms with Gasteiger partial charge in [-0.2, -0.15) is 0 Å². The lowest BCUT2D eigenvalue weighted by atomic mass is 10.2. The molecule has 0 aromatic heterocycles. The number of carbonyl (C=O) groups excluding carboxylic acids is 2. The molecule has 0 spiro atoms. The minimum absolute atomic E-state index is 0.0152. The Kier molecular flexibility index (Phi) is 7.90. The van der Waals surface area contributed by atoms with E-state index in [1.807, 2.05) is 19.9 Å². The second-order valence-electron chi connectivity index (χ2n) is 4.84. The maximum Gasteiger partial charge on any atom is 0.239 e. The molecule has 0 bridgehead atoms. The van der Waals surface area contributed by atoms with Crippen LogP contribution in [0, 0.1) is 6.92 Å². The van der Waals surface area contributed by atoms with Gasteiger partial charge in [0, 0.05) is 18.8 Å². The van der Waals surface area contributed by atoms with Crippen LogP contribution in [-0.2, 0) is 15.3 Å². The standard InChI is InChI=1S/C16H24N2O2S/c1-4-17-15(19)10-18(5-2)16(20)12-21-11-14-8-6-7-13(3)9-14/h6-9H,4-5,10-12H2,1-3H3,(H,17,19). The zero-order chi connectivity index (χ0) is 15.7. The van der Waals surface area contributed by atoms with Crippen molar-refractivity contribution in [3.63, 3.8) is 0 Å². The van der Waals surface area contributed by atoms with Gasteiger partial charge in [0.15, 0.2) is 0 Å². The van der Waals surface area contributed by atoms with E-state index in [4.69, 9.17) is 0 Å². The molecule has 1 aromatic carbocycles. The highest BCUT2D eigenvalue weighted by molar-refractivity contribution is 7.99. The van der Waals surface area contributed by atoms with E-state index in [1.54, 1.807) is 16.7 Å². The highest BCUT2D eigenvalue weighted by Gasteiger charge is 2.14. The lowest BCUT2D eigenvalue weighted by molar-refractivity contribution is -0.133. The molecule has 0 saturated carbocycles. The number of likely N-dealkylation sites (N-methyl/N-ethyl adjacent to an activating group) is 2. The number of nitrogens with zero attached hydrogens (tertiary/aromatic N) is 1. The van der Waals surface area contributed by atoms with Crippen molar-refractivity contribution in [2.45, 2.75) is 26.5 Å². The van der Waals surface area contributed by atoms with Gasteiger partial charge in [-0.15, -0.1) is 11.8 Å². The summed E-state index contributed by atoms with van der Waals surface area (Å²) in [4.78, 5) is 25.2. The molecule has 0 unspecified atom stereocenters. The van der Waals surface area contributed by atoms with Crippen molar-refractivity contribution in [2.75, 3.05) is 25.4 Å². The Balaban J connectivity index is 2.38. The molecule has 4 nitrogen and oxygen atoms in total. The van der Waals surface area contributed by atoms with E-state index in [0.29, 0.717) is 18.8 Å². The second-order valence-corrected chi connectivity index (χ2v) is 5.83. The van der Waals surface area contributed by atoms with Gasteiger partial charge < -0.3 is 10.2 Å². The van der Waals surface area contributed by atoms with Crippen LogP contribution in [0.15, 0.2) is 24.3 Å². The first-order chi connectivity index (χ1) is 10.1. The molecule has 0 aliphatic heterocycles. The van der Waals surface area contributed by atoms with E-state index in [1.165, 1.54) is 11.1 Å². The summed E-state index contributed by atoms with van der Waals surface area (Å²) in [6.07, 6.45) is 0. The van der Waals surface area contributed by atoms with Gasteiger partial charge in [-0.3, -0.25) is 9.59 Å². The van der Waals surface area contributed by atoms with E-state index >= 15 is 0 Å². The van der Waals surface area contributed by atoms with Crippen molar-refractivity contribution < 1.29 is 9.59 Å². The van der Waals surface area contributed by atoms with Crippen LogP contribution in [0.1, 0.15) is 25.0 Å². The summed E-state index contributed by atoms with van der Waals surface area (Å²) in [5.41, 5.74) is 2.45. The van der Waals surface area contributed by atoms with Crippen molar-refractivity contribution in [1.29, 1.82) is 0 Å². The van der Waals surface area contributed by atoms with Crippen LogP contribution in [-0.4, -0.2) is 42.1 Å². The minimum atomic E-state index is -0.101. The average Bonchev–Trinajstić information content (AvgIpc) is 2.45. The summed E-state index contributed by atoms with van der Waals surface area (Å²) in [6, 6.07) is 8.28. The first-order valence-electron chi connectivity index (χ1n) is 7.24. The third kappa shape index (κ3) is 6.67. The highest BCUT2D eigenvalue weighted by atomic mass is 32.2. The predicted molar refractivity (Wildman–Crippen MR) is 88.3 cm³/mol. The zero-order valence-electron chi connectivity index (χ0n) is 13.0. The Morgan fingerprint density at radius 3 is 2.67 bits per heavy atom. The minimum Gasteiger partial charge on any atom is -0.355 e. The Bertz CT molecular complexity index is 477. The number of amides is 2. The summed E-state index contributed by atoms with van der Waals surface area (Å²) >= 11 is 1.58. The van der Waals surface area contributed by atoms with Gasteiger partial charge in [0.05, 0.1) is 12.3 Å². The zero-order valence-corrected chi connectivity index (χ0v) is 13.8. The fourth-order valence-corrected chi connectivity index (χ4v) is 2.83. The second kappa shape index (κ2) is 9.45. The number of rotatable bonds is 8. The molecule has 0 aliphatic carbocycles. The predicted octanol–water partition coefficient (Wildman–Crippen LogP) is 2.21. The Labute approximate surface area is 131 Å². The van der Waals surface area contributed by atoms with Crippen LogP contribution < -0.4 is 5.32 Å². The summed E-state index contributed by atoms with van der Waals surface area (Å²) in [5.74, 6) is 1.13. The number of aryl methyl sites for hydroxylation is 1. The molecule has 1 aromatic rings. The molecule has 5 heteroatoms. The molecular weight excluding hydrogens is 284 g/mol. The summed E-state index contributed by atoms with van der Waals surface area (Å²) < 4.78 is 0. The molecule has 0 fully saturated rings. The largest absolute Gasteiger partial charge is 0.355 e. The molecule has 0 atom stereocenters. The van der Waals surface area contributed by atoms with E-state index in [0.717, 1.165) is 5.75 Å². The van der Waals surface area contributed by atoms with Crippen molar-refractivity contribution in [1.82, 2.24) is 10.2 Å². The third-order valence-electron chi connectivity index (χ3n) is 3.02. The lowest BCUT2D eigenvalue weighted by Gasteiger charge is -2.20. The van der Waals surface area contributed by atoms with Crippen molar-refractivity contribution in [3.05, 3.63) is 35.4 Å². The van der Waals surface area contributed by atoms with Gasteiger partial charge in [-0.1, -0.05) is 29.8 Å². The maximum absolute atomic E-state index is 12.1. The van der Waals surface area contributed by atoms with E-state index < -0.39 is 0 Å². The van der Waals surface area contributed by atoms with E-state index in [-0.39, 0.29) is 18.4 Å². The number of thioether (sulfide) groups is 1. The van der Waals surface area contributed by atoms with Gasteiger partial charge in [0.2, 0.25) is 11.8 Å². The average molecular weight is 308 g/mol. The van der Waals surface area contributed by atoms with Crippen molar-refractivity contribution in [2.24, 2.45) is 0 Å². The molecule has 0 heterocycles. The maximum atomic E-state index is 12.1. The van der Waals surface area contributed by atoms with Gasteiger partial charge in [0.25, 0.3) is 0 Å². The quantitative estimate of drug-likeness (QED) is 0.801. The molecule has 1 N–H and O–H groups in total. The van der Waals surface area contributed by atoms with E-state index in [2.05, 4.69) is 30.4 Å². The smallest absolute Gasteiger partial charge is 0.239 e. The topological polar surface area (TPSA) is 49.4 Å². The van der Waals surface area contributed by atoms with Gasteiger partial charge in [-0.05, 0) is 26.3 Å². The van der Waals surface area contributed by atoms with E-state index in [9.17, 15) is 9.59 Å². The normalized spacial score (nSPS) is 10.2. The van der Waals surface area contributed by atoms with Crippen LogP contribution in [0.4, 0.5) is 0 Å². The van der Waals surface area contributed by atoms with Crippen LogP contribution >= 0.6 is 11.8 Å². The number of nitrogens with one attached hydrogen (secondary N) is 1. The van der Waals surface area contributed by atoms with Crippen LogP contribution in [0.25, 0.3) is 0 Å². The fourth-order valence-electron chi connectivity index (χ4n) is 1.95. The molecule has 2 amide bonds. The van der Waals surface area contributed by atoms with Crippen LogP contribution in [0.3, 0.4) is 0 Å². The Morgan fingerprint density at radius 2 is 2.05 bits per heavy atom. The van der Waals surface area contributed by atoms with Crippen molar-refractivity contribution in [3.8, 4) is 0 Å². The molecule has 21 heavy (non-hydrogen) atoms. The fraction of sp³-hybridized carbons (Fsp3) is 0.500. The van der Waals surface area contributed by atoms with Gasteiger partial charge >= 0.3 is 0 Å². The number of hydrogen-bond donors (Lipinski definition) is 1. The monoisotopic (exact) mass is 308 g/mol. The molecule has 1 rings (SSSR count). The molecular formula is C16H24N2O2S. The van der Waals surface area contributed by atoms with Crippen molar-refractivity contribution >= 4 is 23.6 Å². The molecule has 0 saturated heterocycles. The lowest BCUT2D eigenvalue weighted by Crippen LogP contribution is -2.41. The van der Waals surface area contributed by atoms with Gasteiger partial charge in [-0.25, -0.2) is 0 Å². The van der Waals surface area contributed by atoms with Crippen LogP contribution in [0.2, 0.25) is 0 Å². The number of hydrogen-bond acceptors (Lipinski definition) is 3. The molecule has 0 radical (unpaired) electrons. The Hall–Kier alpha value is -1.49. The molecule has 116 valence electrons. The third-order valence-corrected chi connectivity index (χ3v) is 4.01. The van der Waals surface area contributed by atoms with Gasteiger partial charge in [0.1, 0.15) is 0 Å². The number of benzene rings is 1. The Morgan fingerprint density at radius 1 is 1.29 bits per heavy atom. The summed E-state index contributed by atoms with van der Waals surface area (Å²) in [5, 5.41) is 2.71. The first-order valence-corrected chi connectivity index (χ1v) is 8.40. The van der Waals surface area contributed by atoms with Crippen LogP contribution in [0.5, 0.6) is 0 Å². The highest BCUT2D eigenvalue weighted by Crippen LogP contribution is 2.14. The summed E-state index contributed by atoms with van der Waals surface area (Å²) in [7, 11) is 0. The summed E-state index contributed by atoms with van der Waals surface area (Å²) in [6.45, 7) is 7.11. The number of carbonyl (C=O) groups is 2. The SMILES string of the molecule is CCNC(=O)CN(CC)C(=O)CSCc1cccc(C)c1. The molecule has 0 aliphatic rings.